The molecule has 0 aliphatic carbocycles. The molecule has 0 aromatic carbocycles. The third kappa shape index (κ3) is 5.87. The van der Waals surface area contributed by atoms with E-state index in [1.54, 1.807) is 0 Å². The Balaban J connectivity index is 3.41. The van der Waals surface area contributed by atoms with Crippen LogP contribution in [-0.2, 0) is 0 Å². The van der Waals surface area contributed by atoms with E-state index in [0.717, 1.165) is 12.5 Å². The molecule has 12 heavy (non-hydrogen) atoms. The van der Waals surface area contributed by atoms with Crippen LogP contribution in [0.2, 0.25) is 0 Å². The van der Waals surface area contributed by atoms with Crippen LogP contribution >= 0.6 is 23.2 Å². The SMILES string of the molecule is CCC(CC)CNCC(Cl)=CCl. The normalized spacial score (nSPS) is 12.6. The van der Waals surface area contributed by atoms with Gasteiger partial charge in [-0.3, -0.25) is 0 Å². The van der Waals surface area contributed by atoms with Gasteiger partial charge in [0.2, 0.25) is 0 Å². The summed E-state index contributed by atoms with van der Waals surface area (Å²) in [5.41, 5.74) is 1.40. The molecule has 0 saturated carbocycles. The minimum atomic E-state index is 0.669. The molecule has 3 heteroatoms. The Hall–Kier alpha value is 0.280. The molecule has 0 radical (unpaired) electrons. The largest absolute Gasteiger partial charge is 0.311 e. The fourth-order valence-corrected chi connectivity index (χ4v) is 1.18. The molecule has 0 aromatic heterocycles. The van der Waals surface area contributed by atoms with E-state index in [-0.39, 0.29) is 0 Å². The molecule has 1 nitrogen and oxygen atoms in total. The molecule has 0 aliphatic heterocycles. The van der Waals surface area contributed by atoms with Crippen LogP contribution in [0.1, 0.15) is 26.7 Å². The summed E-state index contributed by atoms with van der Waals surface area (Å²) in [7, 11) is 0. The minimum absolute atomic E-state index is 0.669. The maximum absolute atomic E-state index is 5.70. The molecule has 0 fully saturated rings. The highest BCUT2D eigenvalue weighted by Gasteiger charge is 2.01. The van der Waals surface area contributed by atoms with Crippen LogP contribution in [0.3, 0.4) is 0 Å². The second kappa shape index (κ2) is 7.90. The fourth-order valence-electron chi connectivity index (χ4n) is 1.01. The summed E-state index contributed by atoms with van der Waals surface area (Å²) in [5, 5.41) is 3.92. The molecule has 0 unspecified atom stereocenters. The number of hydrogen-bond acceptors (Lipinski definition) is 1. The monoisotopic (exact) mass is 209 g/mol. The van der Waals surface area contributed by atoms with Crippen molar-refractivity contribution in [3.63, 3.8) is 0 Å². The lowest BCUT2D eigenvalue weighted by Gasteiger charge is -2.12. The summed E-state index contributed by atoms with van der Waals surface area (Å²) < 4.78 is 0. The number of halogens is 2. The molecule has 0 saturated heterocycles. The highest BCUT2D eigenvalue weighted by Crippen LogP contribution is 2.06. The second-order valence-electron chi connectivity index (χ2n) is 2.87. The summed E-state index contributed by atoms with van der Waals surface area (Å²) in [6.07, 6.45) is 2.43. The van der Waals surface area contributed by atoms with Crippen LogP contribution in [-0.4, -0.2) is 13.1 Å². The van der Waals surface area contributed by atoms with Crippen molar-refractivity contribution in [3.05, 3.63) is 10.6 Å². The van der Waals surface area contributed by atoms with Gasteiger partial charge in [-0.05, 0) is 12.5 Å². The quantitative estimate of drug-likeness (QED) is 0.708. The first-order valence-electron chi connectivity index (χ1n) is 4.40. The van der Waals surface area contributed by atoms with Gasteiger partial charge >= 0.3 is 0 Å². The molecule has 0 amide bonds. The van der Waals surface area contributed by atoms with Crippen molar-refractivity contribution < 1.29 is 0 Å². The van der Waals surface area contributed by atoms with E-state index in [1.165, 1.54) is 18.4 Å². The van der Waals surface area contributed by atoms with Gasteiger partial charge < -0.3 is 5.32 Å². The van der Waals surface area contributed by atoms with E-state index in [1.807, 2.05) is 0 Å². The Morgan fingerprint density at radius 3 is 2.42 bits per heavy atom. The van der Waals surface area contributed by atoms with E-state index in [9.17, 15) is 0 Å². The van der Waals surface area contributed by atoms with Crippen molar-refractivity contribution in [3.8, 4) is 0 Å². The molecule has 0 rings (SSSR count). The first kappa shape index (κ1) is 12.3. The van der Waals surface area contributed by atoms with Gasteiger partial charge in [0, 0.05) is 17.1 Å². The van der Waals surface area contributed by atoms with Gasteiger partial charge in [-0.2, -0.15) is 0 Å². The third-order valence-electron chi connectivity index (χ3n) is 2.00. The maximum Gasteiger partial charge on any atom is 0.0431 e. The van der Waals surface area contributed by atoms with Crippen molar-refractivity contribution in [1.82, 2.24) is 5.32 Å². The first-order valence-corrected chi connectivity index (χ1v) is 5.21. The summed E-state index contributed by atoms with van der Waals surface area (Å²) in [6.45, 7) is 6.11. The summed E-state index contributed by atoms with van der Waals surface area (Å²) >= 11 is 11.1. The van der Waals surface area contributed by atoms with Crippen molar-refractivity contribution in [1.29, 1.82) is 0 Å². The molecule has 0 aromatic rings. The molecule has 0 heterocycles. The standard InChI is InChI=1S/C9H17Cl2N/c1-3-8(4-2)6-12-7-9(11)5-10/h5,8,12H,3-4,6-7H2,1-2H3. The van der Waals surface area contributed by atoms with Crippen LogP contribution < -0.4 is 5.32 Å². The third-order valence-corrected chi connectivity index (χ3v) is 2.62. The maximum atomic E-state index is 5.70. The number of hydrogen-bond donors (Lipinski definition) is 1. The Morgan fingerprint density at radius 1 is 1.42 bits per heavy atom. The lowest BCUT2D eigenvalue weighted by Crippen LogP contribution is -2.23. The van der Waals surface area contributed by atoms with Crippen LogP contribution in [0.5, 0.6) is 0 Å². The molecule has 72 valence electrons. The molecule has 1 N–H and O–H groups in total. The highest BCUT2D eigenvalue weighted by molar-refractivity contribution is 6.36. The van der Waals surface area contributed by atoms with Gasteiger partial charge in [0.05, 0.1) is 0 Å². The van der Waals surface area contributed by atoms with Gasteiger partial charge in [-0.1, -0.05) is 49.9 Å². The molecule has 0 spiro atoms. The predicted octanol–water partition coefficient (Wildman–Crippen LogP) is 3.33. The molecule has 0 aliphatic rings. The zero-order valence-electron chi connectivity index (χ0n) is 7.74. The van der Waals surface area contributed by atoms with E-state index in [0.29, 0.717) is 11.6 Å². The Kier molecular flexibility index (Phi) is 8.09. The molecular weight excluding hydrogens is 193 g/mol. The zero-order chi connectivity index (χ0) is 9.40. The van der Waals surface area contributed by atoms with Crippen LogP contribution in [0.15, 0.2) is 10.6 Å². The van der Waals surface area contributed by atoms with Crippen molar-refractivity contribution in [2.45, 2.75) is 26.7 Å². The van der Waals surface area contributed by atoms with Crippen LogP contribution in [0.4, 0.5) is 0 Å². The summed E-state index contributed by atoms with van der Waals surface area (Å²) in [4.78, 5) is 0. The first-order chi connectivity index (χ1) is 5.74. The summed E-state index contributed by atoms with van der Waals surface area (Å²) in [5.74, 6) is 0.754. The Labute approximate surface area is 85.1 Å². The predicted molar refractivity (Wildman–Crippen MR) is 56.7 cm³/mol. The zero-order valence-corrected chi connectivity index (χ0v) is 9.25. The van der Waals surface area contributed by atoms with E-state index in [2.05, 4.69) is 19.2 Å². The minimum Gasteiger partial charge on any atom is -0.311 e. The topological polar surface area (TPSA) is 12.0 Å². The number of rotatable bonds is 6. The lowest BCUT2D eigenvalue weighted by molar-refractivity contribution is 0.460. The Bertz CT molecular complexity index is 130. The number of nitrogens with one attached hydrogen (secondary N) is 1. The van der Waals surface area contributed by atoms with Crippen LogP contribution in [0.25, 0.3) is 0 Å². The van der Waals surface area contributed by atoms with Gasteiger partial charge in [0.25, 0.3) is 0 Å². The van der Waals surface area contributed by atoms with Crippen molar-refractivity contribution >= 4 is 23.2 Å². The van der Waals surface area contributed by atoms with Gasteiger partial charge in [0.15, 0.2) is 0 Å². The van der Waals surface area contributed by atoms with Crippen molar-refractivity contribution in [2.24, 2.45) is 5.92 Å². The second-order valence-corrected chi connectivity index (χ2v) is 3.57. The fraction of sp³-hybridized carbons (Fsp3) is 0.778. The average molecular weight is 210 g/mol. The van der Waals surface area contributed by atoms with Gasteiger partial charge in [0.1, 0.15) is 0 Å². The van der Waals surface area contributed by atoms with E-state index >= 15 is 0 Å². The molecule has 0 atom stereocenters. The Morgan fingerprint density at radius 2 is 2.00 bits per heavy atom. The lowest BCUT2D eigenvalue weighted by atomic mass is 10.0. The summed E-state index contributed by atoms with van der Waals surface area (Å²) in [6, 6.07) is 0. The molecule has 0 bridgehead atoms. The molecular formula is C9H17Cl2N. The van der Waals surface area contributed by atoms with Crippen LogP contribution in [0, 0.1) is 5.92 Å². The van der Waals surface area contributed by atoms with Gasteiger partial charge in [-0.25, -0.2) is 0 Å². The van der Waals surface area contributed by atoms with Crippen molar-refractivity contribution in [2.75, 3.05) is 13.1 Å². The van der Waals surface area contributed by atoms with Gasteiger partial charge in [-0.15, -0.1) is 0 Å². The van der Waals surface area contributed by atoms with E-state index in [4.69, 9.17) is 23.2 Å². The smallest absolute Gasteiger partial charge is 0.0431 e. The average Bonchev–Trinajstić information content (AvgIpc) is 2.12. The highest BCUT2D eigenvalue weighted by atomic mass is 35.5. The van der Waals surface area contributed by atoms with E-state index < -0.39 is 0 Å².